The molecule has 1 saturated heterocycles. The average molecular weight is 346 g/mol. The van der Waals surface area contributed by atoms with E-state index in [0.717, 1.165) is 23.7 Å². The van der Waals surface area contributed by atoms with Gasteiger partial charge in [-0.3, -0.25) is 0 Å². The summed E-state index contributed by atoms with van der Waals surface area (Å²) in [5.41, 5.74) is 3.69. The molecule has 1 N–H and O–H groups in total. The second-order valence-corrected chi connectivity index (χ2v) is 7.54. The fraction of sp³-hybridized carbons (Fsp3) is 0.368. The summed E-state index contributed by atoms with van der Waals surface area (Å²) in [5.74, 6) is 0.454. The Bertz CT molecular complexity index is 703. The first kappa shape index (κ1) is 15.4. The molecule has 0 aromatic heterocycles. The van der Waals surface area contributed by atoms with E-state index in [4.69, 9.17) is 16.3 Å². The lowest BCUT2D eigenvalue weighted by Gasteiger charge is -2.43. The molecule has 0 spiro atoms. The molecule has 4 heteroatoms. The van der Waals surface area contributed by atoms with Gasteiger partial charge in [0.25, 0.3) is 0 Å². The van der Waals surface area contributed by atoms with Crippen molar-refractivity contribution in [3.05, 3.63) is 58.6 Å². The summed E-state index contributed by atoms with van der Waals surface area (Å²) in [5, 5.41) is 4.51. The molecule has 0 bridgehead atoms. The molecule has 2 heterocycles. The molecule has 2 nitrogen and oxygen atoms in total. The van der Waals surface area contributed by atoms with Crippen molar-refractivity contribution in [3.8, 4) is 0 Å². The number of anilines is 1. The molecule has 0 radical (unpaired) electrons. The maximum Gasteiger partial charge on any atom is 0.0896 e. The zero-order valence-corrected chi connectivity index (χ0v) is 14.7. The molecule has 120 valence electrons. The second-order valence-electron chi connectivity index (χ2n) is 6.22. The molecule has 2 aromatic rings. The van der Waals surface area contributed by atoms with Gasteiger partial charge in [0.05, 0.1) is 12.1 Å². The largest absolute Gasteiger partial charge is 0.378 e. The Hall–Kier alpha value is -1.16. The Morgan fingerprint density at radius 1 is 1.17 bits per heavy atom. The van der Waals surface area contributed by atoms with Crippen LogP contribution in [0.2, 0.25) is 5.02 Å². The van der Waals surface area contributed by atoms with Gasteiger partial charge in [-0.15, -0.1) is 11.8 Å². The zero-order valence-electron chi connectivity index (χ0n) is 13.1. The highest BCUT2D eigenvalue weighted by molar-refractivity contribution is 7.98. The van der Waals surface area contributed by atoms with Crippen molar-refractivity contribution in [2.75, 3.05) is 18.2 Å². The van der Waals surface area contributed by atoms with Crippen LogP contribution in [0, 0.1) is 5.92 Å². The van der Waals surface area contributed by atoms with Gasteiger partial charge < -0.3 is 10.1 Å². The molecular formula is C19H20ClNOS. The Kier molecular flexibility index (Phi) is 4.27. The smallest absolute Gasteiger partial charge is 0.0896 e. The van der Waals surface area contributed by atoms with Crippen molar-refractivity contribution in [2.45, 2.75) is 29.9 Å². The summed E-state index contributed by atoms with van der Waals surface area (Å²) in [6, 6.07) is 15.3. The van der Waals surface area contributed by atoms with Crippen molar-refractivity contribution in [1.82, 2.24) is 0 Å². The lowest BCUT2D eigenvalue weighted by Crippen LogP contribution is -2.35. The lowest BCUT2D eigenvalue weighted by molar-refractivity contribution is -0.0381. The van der Waals surface area contributed by atoms with Crippen LogP contribution in [-0.2, 0) is 4.74 Å². The fourth-order valence-corrected chi connectivity index (χ4v) is 4.37. The monoisotopic (exact) mass is 345 g/mol. The highest BCUT2D eigenvalue weighted by Crippen LogP contribution is 2.49. The zero-order chi connectivity index (χ0) is 15.8. The Morgan fingerprint density at radius 2 is 2.00 bits per heavy atom. The number of fused-ring (bicyclic) bond motifs is 3. The predicted octanol–water partition coefficient (Wildman–Crippen LogP) is 5.70. The van der Waals surface area contributed by atoms with E-state index in [1.165, 1.54) is 22.4 Å². The molecule has 23 heavy (non-hydrogen) atoms. The molecule has 1 fully saturated rings. The van der Waals surface area contributed by atoms with Crippen LogP contribution in [0.5, 0.6) is 0 Å². The van der Waals surface area contributed by atoms with Crippen LogP contribution >= 0.6 is 23.4 Å². The minimum atomic E-state index is 0.143. The molecular weight excluding hydrogens is 326 g/mol. The quantitative estimate of drug-likeness (QED) is 0.706. The van der Waals surface area contributed by atoms with Crippen LogP contribution in [-0.4, -0.2) is 12.9 Å². The minimum Gasteiger partial charge on any atom is -0.378 e. The third-order valence-electron chi connectivity index (χ3n) is 4.90. The molecule has 4 rings (SSSR count). The van der Waals surface area contributed by atoms with E-state index in [1.54, 1.807) is 11.8 Å². The van der Waals surface area contributed by atoms with Gasteiger partial charge in [-0.2, -0.15) is 0 Å². The van der Waals surface area contributed by atoms with Gasteiger partial charge in [0.15, 0.2) is 0 Å². The van der Waals surface area contributed by atoms with E-state index in [9.17, 15) is 0 Å². The first-order valence-electron chi connectivity index (χ1n) is 8.08. The van der Waals surface area contributed by atoms with Crippen LogP contribution < -0.4 is 5.32 Å². The lowest BCUT2D eigenvalue weighted by atomic mass is 9.77. The first-order chi connectivity index (χ1) is 11.3. The van der Waals surface area contributed by atoms with Crippen molar-refractivity contribution < 1.29 is 4.74 Å². The number of hydrogen-bond acceptors (Lipinski definition) is 3. The van der Waals surface area contributed by atoms with Crippen molar-refractivity contribution >= 4 is 29.1 Å². The SMILES string of the molecule is CSc1ccc([C@H]2Nc3ccc(Cl)cc3[C@H]3OCCC[C@@H]23)cc1. The van der Waals surface area contributed by atoms with Gasteiger partial charge >= 0.3 is 0 Å². The van der Waals surface area contributed by atoms with Gasteiger partial charge in [0.1, 0.15) is 0 Å². The van der Waals surface area contributed by atoms with Gasteiger partial charge in [0, 0.05) is 33.7 Å². The maximum atomic E-state index is 6.21. The predicted molar refractivity (Wildman–Crippen MR) is 97.5 cm³/mol. The second kappa shape index (κ2) is 6.39. The Morgan fingerprint density at radius 3 is 2.78 bits per heavy atom. The van der Waals surface area contributed by atoms with Gasteiger partial charge in [0.2, 0.25) is 0 Å². The van der Waals surface area contributed by atoms with Crippen LogP contribution in [0.25, 0.3) is 0 Å². The van der Waals surface area contributed by atoms with E-state index in [0.29, 0.717) is 12.0 Å². The van der Waals surface area contributed by atoms with E-state index in [2.05, 4.69) is 48.0 Å². The van der Waals surface area contributed by atoms with E-state index in [1.807, 2.05) is 6.07 Å². The molecule has 2 aliphatic rings. The van der Waals surface area contributed by atoms with Crippen LogP contribution in [0.1, 0.15) is 36.1 Å². The molecule has 0 amide bonds. The normalized spacial score (nSPS) is 26.1. The number of halogens is 1. The topological polar surface area (TPSA) is 21.3 Å². The number of hydrogen-bond donors (Lipinski definition) is 1. The molecule has 0 unspecified atom stereocenters. The standard InChI is InChI=1S/C19H20ClNOS/c1-23-14-7-4-12(5-8-14)18-15-3-2-10-22-19(15)16-11-13(20)6-9-17(16)21-18/h4-9,11,15,18-19,21H,2-3,10H2,1H3/t15-,18+,19-/m0/s1. The van der Waals surface area contributed by atoms with Crippen LogP contribution in [0.15, 0.2) is 47.4 Å². The highest BCUT2D eigenvalue weighted by atomic mass is 35.5. The third-order valence-corrected chi connectivity index (χ3v) is 5.88. The summed E-state index contributed by atoms with van der Waals surface area (Å²) in [6.45, 7) is 0.839. The van der Waals surface area contributed by atoms with E-state index < -0.39 is 0 Å². The summed E-state index contributed by atoms with van der Waals surface area (Å²) in [4.78, 5) is 1.30. The van der Waals surface area contributed by atoms with Crippen molar-refractivity contribution in [2.24, 2.45) is 5.92 Å². The number of ether oxygens (including phenoxy) is 1. The molecule has 3 atom stereocenters. The number of benzene rings is 2. The number of thioether (sulfide) groups is 1. The molecule has 0 aliphatic carbocycles. The Labute approximate surface area is 146 Å². The van der Waals surface area contributed by atoms with Crippen LogP contribution in [0.3, 0.4) is 0 Å². The van der Waals surface area contributed by atoms with Gasteiger partial charge in [-0.25, -0.2) is 0 Å². The Balaban J connectivity index is 1.73. The molecule has 2 aliphatic heterocycles. The van der Waals surface area contributed by atoms with E-state index in [-0.39, 0.29) is 6.10 Å². The van der Waals surface area contributed by atoms with Crippen molar-refractivity contribution in [3.63, 3.8) is 0 Å². The average Bonchev–Trinajstić information content (AvgIpc) is 2.61. The minimum absolute atomic E-state index is 0.143. The fourth-order valence-electron chi connectivity index (χ4n) is 3.78. The molecule has 0 saturated carbocycles. The summed E-state index contributed by atoms with van der Waals surface area (Å²) >= 11 is 7.99. The van der Waals surface area contributed by atoms with Gasteiger partial charge in [-0.05, 0) is 55.0 Å². The van der Waals surface area contributed by atoms with Gasteiger partial charge in [-0.1, -0.05) is 23.7 Å². The molecule has 2 aromatic carbocycles. The summed E-state index contributed by atoms with van der Waals surface area (Å²) in [7, 11) is 0. The van der Waals surface area contributed by atoms with Crippen LogP contribution in [0.4, 0.5) is 5.69 Å². The van der Waals surface area contributed by atoms with E-state index >= 15 is 0 Å². The number of rotatable bonds is 2. The third kappa shape index (κ3) is 2.86. The highest BCUT2D eigenvalue weighted by Gasteiger charge is 2.39. The number of nitrogens with one attached hydrogen (secondary N) is 1. The first-order valence-corrected chi connectivity index (χ1v) is 9.68. The summed E-state index contributed by atoms with van der Waals surface area (Å²) < 4.78 is 6.16. The van der Waals surface area contributed by atoms with Crippen molar-refractivity contribution in [1.29, 1.82) is 0 Å². The summed E-state index contributed by atoms with van der Waals surface area (Å²) in [6.07, 6.45) is 4.55. The maximum absolute atomic E-state index is 6.21.